The third-order valence-electron chi connectivity index (χ3n) is 5.59. The Morgan fingerprint density at radius 2 is 1.91 bits per heavy atom. The second kappa shape index (κ2) is 11.1. The Kier molecular flexibility index (Phi) is 7.72. The zero-order chi connectivity index (χ0) is 24.8. The Bertz CT molecular complexity index is 1200. The lowest BCUT2D eigenvalue weighted by Crippen LogP contribution is -2.46. The maximum absolute atomic E-state index is 13.4. The van der Waals surface area contributed by atoms with Crippen molar-refractivity contribution in [1.82, 2.24) is 10.2 Å². The van der Waals surface area contributed by atoms with Crippen LogP contribution < -0.4 is 10.6 Å². The van der Waals surface area contributed by atoms with Gasteiger partial charge in [-0.3, -0.25) is 14.5 Å². The highest BCUT2D eigenvalue weighted by atomic mass is 35.5. The van der Waals surface area contributed by atoms with E-state index in [-0.39, 0.29) is 24.9 Å². The first-order valence-corrected chi connectivity index (χ1v) is 11.7. The fourth-order valence-electron chi connectivity index (χ4n) is 3.98. The zero-order valence-electron chi connectivity index (χ0n) is 19.2. The Balaban J connectivity index is 1.61. The smallest absolute Gasteiger partial charge is 0.411 e. The summed E-state index contributed by atoms with van der Waals surface area (Å²) in [5.41, 5.74) is 1.93. The topological polar surface area (TPSA) is 101 Å². The molecule has 1 aliphatic heterocycles. The minimum atomic E-state index is -0.946. The molecule has 3 aromatic rings. The summed E-state index contributed by atoms with van der Waals surface area (Å²) < 4.78 is 11.0. The maximum Gasteiger partial charge on any atom is 0.411 e. The van der Waals surface area contributed by atoms with Crippen molar-refractivity contribution in [2.75, 3.05) is 5.32 Å². The molecule has 1 fully saturated rings. The van der Waals surface area contributed by atoms with E-state index in [1.165, 1.54) is 11.2 Å². The molecule has 0 radical (unpaired) electrons. The lowest BCUT2D eigenvalue weighted by molar-refractivity contribution is -0.126. The number of nitrogens with one attached hydrogen (secondary N) is 2. The van der Waals surface area contributed by atoms with Crippen LogP contribution in [0.2, 0.25) is 5.02 Å². The Hall–Kier alpha value is -3.78. The first kappa shape index (κ1) is 24.3. The van der Waals surface area contributed by atoms with Crippen LogP contribution in [0.5, 0.6) is 0 Å². The van der Waals surface area contributed by atoms with Gasteiger partial charge in [0.25, 0.3) is 0 Å². The lowest BCUT2D eigenvalue weighted by atomic mass is 10.00. The number of benzene rings is 2. The molecule has 0 spiro atoms. The van der Waals surface area contributed by atoms with Gasteiger partial charge in [-0.15, -0.1) is 0 Å². The first-order valence-electron chi connectivity index (χ1n) is 11.4. The van der Waals surface area contributed by atoms with E-state index < -0.39 is 18.2 Å². The average Bonchev–Trinajstić information content (AvgIpc) is 3.46. The van der Waals surface area contributed by atoms with E-state index in [1.54, 1.807) is 54.6 Å². The van der Waals surface area contributed by atoms with Crippen LogP contribution in [0.15, 0.2) is 71.3 Å². The number of hydrogen-bond donors (Lipinski definition) is 2. The second-order valence-electron chi connectivity index (χ2n) is 8.23. The zero-order valence-corrected chi connectivity index (χ0v) is 20.0. The summed E-state index contributed by atoms with van der Waals surface area (Å²) >= 11 is 6.12. The van der Waals surface area contributed by atoms with Gasteiger partial charge in [0.15, 0.2) is 12.1 Å². The molecule has 2 atom stereocenters. The van der Waals surface area contributed by atoms with Crippen LogP contribution in [0.25, 0.3) is 0 Å². The van der Waals surface area contributed by atoms with Crippen molar-refractivity contribution in [2.45, 2.75) is 45.0 Å². The first-order chi connectivity index (χ1) is 16.9. The number of anilines is 1. The van der Waals surface area contributed by atoms with Gasteiger partial charge in [-0.2, -0.15) is 0 Å². The van der Waals surface area contributed by atoms with Gasteiger partial charge in [-0.1, -0.05) is 42.8 Å². The van der Waals surface area contributed by atoms with Crippen LogP contribution >= 0.6 is 11.6 Å². The number of nitrogens with zero attached hydrogens (tertiary/aromatic N) is 1. The summed E-state index contributed by atoms with van der Waals surface area (Å²) in [4.78, 5) is 39.8. The highest BCUT2D eigenvalue weighted by Crippen LogP contribution is 2.35. The molecule has 2 N–H and O–H groups in total. The van der Waals surface area contributed by atoms with Crippen molar-refractivity contribution in [3.63, 3.8) is 0 Å². The number of amides is 3. The van der Waals surface area contributed by atoms with E-state index in [1.807, 2.05) is 13.0 Å². The second-order valence-corrected chi connectivity index (χ2v) is 8.66. The number of cyclic esters (lactones) is 1. The standard InChI is InChI=1S/C26H26ClN3O5/c1-2-6-22(31)29-20-10-4-8-18(14-20)24-23(25(32)28-15-21-11-5-12-34-21)30(26(33)35-24)16-17-7-3-9-19(27)13-17/h3-5,7-14,23-24H,2,6,15-16H2,1H3,(H,28,32)(H,29,31)/t23-,24+/m0/s1. The third-order valence-corrected chi connectivity index (χ3v) is 5.82. The molecule has 0 unspecified atom stereocenters. The van der Waals surface area contributed by atoms with Gasteiger partial charge < -0.3 is 19.8 Å². The Labute approximate surface area is 208 Å². The molecule has 0 aliphatic carbocycles. The molecule has 0 saturated carbocycles. The quantitative estimate of drug-likeness (QED) is 0.432. The van der Waals surface area contributed by atoms with Gasteiger partial charge in [-0.05, 0) is 53.9 Å². The highest BCUT2D eigenvalue weighted by molar-refractivity contribution is 6.30. The number of hydrogen-bond acceptors (Lipinski definition) is 5. The predicted molar refractivity (Wildman–Crippen MR) is 131 cm³/mol. The SMILES string of the molecule is CCCC(=O)Nc1cccc([C@H]2OC(=O)N(Cc3cccc(Cl)c3)[C@@H]2C(=O)NCc2ccco2)c1. The monoisotopic (exact) mass is 495 g/mol. The molecule has 3 amide bonds. The fourth-order valence-corrected chi connectivity index (χ4v) is 4.19. The molecule has 182 valence electrons. The molecule has 9 heteroatoms. The minimum absolute atomic E-state index is 0.108. The van der Waals surface area contributed by atoms with Crippen molar-refractivity contribution in [1.29, 1.82) is 0 Å². The van der Waals surface area contributed by atoms with Gasteiger partial charge in [-0.25, -0.2) is 4.79 Å². The number of furan rings is 1. The van der Waals surface area contributed by atoms with Crippen molar-refractivity contribution in [3.8, 4) is 0 Å². The number of carbonyl (C=O) groups is 3. The molecule has 0 bridgehead atoms. The Morgan fingerprint density at radius 1 is 1.09 bits per heavy atom. The number of ether oxygens (including phenoxy) is 1. The van der Waals surface area contributed by atoms with Crippen LogP contribution in [0, 0.1) is 0 Å². The summed E-state index contributed by atoms with van der Waals surface area (Å²) in [7, 11) is 0. The molecule has 2 heterocycles. The highest BCUT2D eigenvalue weighted by Gasteiger charge is 2.47. The van der Waals surface area contributed by atoms with E-state index in [9.17, 15) is 14.4 Å². The maximum atomic E-state index is 13.4. The van der Waals surface area contributed by atoms with Crippen molar-refractivity contribution in [2.24, 2.45) is 0 Å². The number of rotatable bonds is 9. The molecule has 8 nitrogen and oxygen atoms in total. The molecule has 2 aromatic carbocycles. The number of carbonyl (C=O) groups excluding carboxylic acids is 3. The van der Waals surface area contributed by atoms with E-state index in [4.69, 9.17) is 20.8 Å². The van der Waals surface area contributed by atoms with E-state index >= 15 is 0 Å². The van der Waals surface area contributed by atoms with Crippen molar-refractivity contribution < 1.29 is 23.5 Å². The fraction of sp³-hybridized carbons (Fsp3) is 0.269. The minimum Gasteiger partial charge on any atom is -0.467 e. The third kappa shape index (κ3) is 6.02. The van der Waals surface area contributed by atoms with Crippen LogP contribution in [-0.4, -0.2) is 28.8 Å². The predicted octanol–water partition coefficient (Wildman–Crippen LogP) is 5.05. The van der Waals surface area contributed by atoms with Gasteiger partial charge in [0.05, 0.1) is 19.4 Å². The molecule has 1 aliphatic rings. The molecular formula is C26H26ClN3O5. The van der Waals surface area contributed by atoms with Crippen LogP contribution in [-0.2, 0) is 27.4 Å². The van der Waals surface area contributed by atoms with E-state index in [0.717, 1.165) is 12.0 Å². The molecule has 4 rings (SSSR count). The summed E-state index contributed by atoms with van der Waals surface area (Å²) in [6.45, 7) is 2.23. The molecule has 35 heavy (non-hydrogen) atoms. The summed E-state index contributed by atoms with van der Waals surface area (Å²) in [5, 5.41) is 6.21. The number of halogens is 1. The molecule has 1 saturated heterocycles. The lowest BCUT2D eigenvalue weighted by Gasteiger charge is -2.24. The average molecular weight is 496 g/mol. The molecule has 1 aromatic heterocycles. The van der Waals surface area contributed by atoms with Gasteiger partial charge in [0.1, 0.15) is 5.76 Å². The van der Waals surface area contributed by atoms with Gasteiger partial charge >= 0.3 is 6.09 Å². The van der Waals surface area contributed by atoms with Gasteiger partial charge in [0, 0.05) is 17.1 Å². The van der Waals surface area contributed by atoms with Crippen molar-refractivity contribution >= 4 is 35.2 Å². The van der Waals surface area contributed by atoms with Gasteiger partial charge in [0.2, 0.25) is 11.8 Å². The van der Waals surface area contributed by atoms with E-state index in [2.05, 4.69) is 10.6 Å². The van der Waals surface area contributed by atoms with Crippen LogP contribution in [0.4, 0.5) is 10.5 Å². The van der Waals surface area contributed by atoms with Crippen LogP contribution in [0.3, 0.4) is 0 Å². The summed E-state index contributed by atoms with van der Waals surface area (Å²) in [5.74, 6) is 0.0882. The van der Waals surface area contributed by atoms with Crippen molar-refractivity contribution in [3.05, 3.63) is 88.8 Å². The summed E-state index contributed by atoms with van der Waals surface area (Å²) in [6.07, 6.45) is 1.15. The Morgan fingerprint density at radius 3 is 2.66 bits per heavy atom. The normalized spacial score (nSPS) is 17.2. The van der Waals surface area contributed by atoms with E-state index in [0.29, 0.717) is 28.5 Å². The molecular weight excluding hydrogens is 470 g/mol. The summed E-state index contributed by atoms with van der Waals surface area (Å²) in [6, 6.07) is 16.6. The largest absolute Gasteiger partial charge is 0.467 e. The van der Waals surface area contributed by atoms with Crippen LogP contribution in [0.1, 0.15) is 42.8 Å².